The van der Waals surface area contributed by atoms with Gasteiger partial charge in [-0.05, 0) is 74.5 Å². The summed E-state index contributed by atoms with van der Waals surface area (Å²) < 4.78 is 0. The fourth-order valence-corrected chi connectivity index (χ4v) is 2.77. The lowest BCUT2D eigenvalue weighted by Crippen LogP contribution is -2.20. The Morgan fingerprint density at radius 2 is 2.00 bits per heavy atom. The number of aryl methyl sites for hydroxylation is 1. The normalized spacial score (nSPS) is 16.9. The van der Waals surface area contributed by atoms with Crippen LogP contribution in [0.15, 0.2) is 30.5 Å². The Balaban J connectivity index is 1.56. The van der Waals surface area contributed by atoms with Crippen LogP contribution in [-0.2, 0) is 6.42 Å². The van der Waals surface area contributed by atoms with Crippen LogP contribution in [0.4, 0.5) is 0 Å². The molecule has 3 rings (SSSR count). The van der Waals surface area contributed by atoms with Gasteiger partial charge in [0, 0.05) is 11.7 Å². The van der Waals surface area contributed by atoms with Crippen molar-refractivity contribution in [1.82, 2.24) is 9.88 Å². The molecule has 1 aromatic heterocycles. The molecule has 0 radical (unpaired) electrons. The summed E-state index contributed by atoms with van der Waals surface area (Å²) >= 11 is 0. The van der Waals surface area contributed by atoms with Crippen LogP contribution in [0.5, 0.6) is 0 Å². The zero-order valence-electron chi connectivity index (χ0n) is 10.3. The fraction of sp³-hybridized carbons (Fsp3) is 0.467. The summed E-state index contributed by atoms with van der Waals surface area (Å²) in [5, 5.41) is 1.34. The molecule has 1 aliphatic rings. The van der Waals surface area contributed by atoms with Crippen molar-refractivity contribution < 1.29 is 0 Å². The molecule has 0 bridgehead atoms. The second-order valence-electron chi connectivity index (χ2n) is 5.05. The highest BCUT2D eigenvalue weighted by Gasteiger charge is 2.10. The van der Waals surface area contributed by atoms with Gasteiger partial charge in [0.2, 0.25) is 0 Å². The van der Waals surface area contributed by atoms with E-state index in [-0.39, 0.29) is 0 Å². The minimum atomic E-state index is 1.21. The van der Waals surface area contributed by atoms with Crippen molar-refractivity contribution in [1.29, 1.82) is 0 Å². The van der Waals surface area contributed by atoms with E-state index in [4.69, 9.17) is 0 Å². The van der Waals surface area contributed by atoms with E-state index in [2.05, 4.69) is 34.1 Å². The van der Waals surface area contributed by atoms with Crippen molar-refractivity contribution in [3.8, 4) is 0 Å². The van der Waals surface area contributed by atoms with Gasteiger partial charge in [-0.25, -0.2) is 0 Å². The highest BCUT2D eigenvalue weighted by atomic mass is 15.1. The molecule has 2 heterocycles. The monoisotopic (exact) mass is 228 g/mol. The molecule has 1 fully saturated rings. The predicted molar refractivity (Wildman–Crippen MR) is 72.3 cm³/mol. The smallest absolute Gasteiger partial charge is 0.0454 e. The lowest BCUT2D eigenvalue weighted by Gasteiger charge is -2.13. The number of H-pyrrole nitrogens is 1. The Bertz CT molecular complexity index is 480. The summed E-state index contributed by atoms with van der Waals surface area (Å²) in [5.41, 5.74) is 2.71. The zero-order valence-corrected chi connectivity index (χ0v) is 10.3. The van der Waals surface area contributed by atoms with Crippen molar-refractivity contribution in [3.63, 3.8) is 0 Å². The van der Waals surface area contributed by atoms with Gasteiger partial charge < -0.3 is 9.88 Å². The Morgan fingerprint density at radius 1 is 1.12 bits per heavy atom. The Labute approximate surface area is 103 Å². The van der Waals surface area contributed by atoms with Crippen LogP contribution in [0, 0.1) is 0 Å². The zero-order chi connectivity index (χ0) is 11.5. The molecule has 2 heteroatoms. The van der Waals surface area contributed by atoms with E-state index in [9.17, 15) is 0 Å². The number of nitrogens with zero attached hydrogens (tertiary/aromatic N) is 1. The van der Waals surface area contributed by atoms with Crippen molar-refractivity contribution in [2.24, 2.45) is 0 Å². The van der Waals surface area contributed by atoms with Gasteiger partial charge in [-0.3, -0.25) is 0 Å². The number of hydrogen-bond donors (Lipinski definition) is 1. The molecule has 0 atom stereocenters. The first kappa shape index (κ1) is 10.8. The second-order valence-corrected chi connectivity index (χ2v) is 5.05. The average Bonchev–Trinajstić information content (AvgIpc) is 2.98. The van der Waals surface area contributed by atoms with E-state index < -0.39 is 0 Å². The van der Waals surface area contributed by atoms with Crippen molar-refractivity contribution in [3.05, 3.63) is 36.0 Å². The predicted octanol–water partition coefficient (Wildman–Crippen LogP) is 3.20. The lowest BCUT2D eigenvalue weighted by atomic mass is 10.1. The molecule has 1 aliphatic heterocycles. The molecule has 17 heavy (non-hydrogen) atoms. The van der Waals surface area contributed by atoms with E-state index in [1.165, 1.54) is 61.8 Å². The number of hydrogen-bond acceptors (Lipinski definition) is 1. The van der Waals surface area contributed by atoms with Crippen LogP contribution in [0.3, 0.4) is 0 Å². The standard InChI is InChI=1S/C15H20N2/c1-2-10-17(9-1)11-3-4-13-5-6-15-14(12-13)7-8-16-15/h5-8,12,16H,1-4,9-11H2. The number of aromatic nitrogens is 1. The molecule has 0 unspecified atom stereocenters. The molecule has 0 spiro atoms. The summed E-state index contributed by atoms with van der Waals surface area (Å²) in [6, 6.07) is 8.92. The lowest BCUT2D eigenvalue weighted by molar-refractivity contribution is 0.334. The fourth-order valence-electron chi connectivity index (χ4n) is 2.77. The van der Waals surface area contributed by atoms with Gasteiger partial charge in [0.15, 0.2) is 0 Å². The van der Waals surface area contributed by atoms with Crippen LogP contribution >= 0.6 is 0 Å². The van der Waals surface area contributed by atoms with Gasteiger partial charge in [-0.1, -0.05) is 6.07 Å². The molecule has 1 saturated heterocycles. The minimum Gasteiger partial charge on any atom is -0.361 e. The van der Waals surface area contributed by atoms with E-state index in [1.54, 1.807) is 0 Å². The molecular weight excluding hydrogens is 208 g/mol. The molecule has 0 aliphatic carbocycles. The number of nitrogens with one attached hydrogen (secondary N) is 1. The Morgan fingerprint density at radius 3 is 2.88 bits per heavy atom. The van der Waals surface area contributed by atoms with Crippen molar-refractivity contribution in [2.75, 3.05) is 19.6 Å². The quantitative estimate of drug-likeness (QED) is 0.851. The SMILES string of the molecule is c1cc2cc(CCCN3CCCC3)ccc2[nH]1. The summed E-state index contributed by atoms with van der Waals surface area (Å²) in [6.45, 7) is 3.90. The maximum absolute atomic E-state index is 3.24. The van der Waals surface area contributed by atoms with E-state index in [0.29, 0.717) is 0 Å². The van der Waals surface area contributed by atoms with Gasteiger partial charge in [0.1, 0.15) is 0 Å². The average molecular weight is 228 g/mol. The highest BCUT2D eigenvalue weighted by Crippen LogP contribution is 2.16. The Hall–Kier alpha value is -1.28. The van der Waals surface area contributed by atoms with Gasteiger partial charge in [0.05, 0.1) is 0 Å². The largest absolute Gasteiger partial charge is 0.361 e. The summed E-state index contributed by atoms with van der Waals surface area (Å²) in [6.07, 6.45) is 7.30. The van der Waals surface area contributed by atoms with Crippen LogP contribution in [0.1, 0.15) is 24.8 Å². The van der Waals surface area contributed by atoms with Gasteiger partial charge in [-0.2, -0.15) is 0 Å². The molecule has 0 amide bonds. The molecule has 1 aromatic carbocycles. The van der Waals surface area contributed by atoms with Gasteiger partial charge in [-0.15, -0.1) is 0 Å². The van der Waals surface area contributed by atoms with Crippen molar-refractivity contribution in [2.45, 2.75) is 25.7 Å². The molecule has 2 nitrogen and oxygen atoms in total. The Kier molecular flexibility index (Phi) is 3.14. The van der Waals surface area contributed by atoms with Crippen LogP contribution in [-0.4, -0.2) is 29.5 Å². The summed E-state index contributed by atoms with van der Waals surface area (Å²) in [5.74, 6) is 0. The number of likely N-dealkylation sites (tertiary alicyclic amines) is 1. The minimum absolute atomic E-state index is 1.21. The molecule has 1 N–H and O–H groups in total. The number of fused-ring (bicyclic) bond motifs is 1. The first-order valence-corrected chi connectivity index (χ1v) is 6.70. The van der Waals surface area contributed by atoms with E-state index in [1.807, 2.05) is 6.20 Å². The number of rotatable bonds is 4. The number of aromatic amines is 1. The van der Waals surface area contributed by atoms with Crippen LogP contribution in [0.25, 0.3) is 10.9 Å². The van der Waals surface area contributed by atoms with Gasteiger partial charge in [0.25, 0.3) is 0 Å². The summed E-state index contributed by atoms with van der Waals surface area (Å²) in [4.78, 5) is 5.83. The molecule has 90 valence electrons. The van der Waals surface area contributed by atoms with E-state index in [0.717, 1.165) is 0 Å². The second kappa shape index (κ2) is 4.92. The molecule has 2 aromatic rings. The third-order valence-electron chi connectivity index (χ3n) is 3.76. The summed E-state index contributed by atoms with van der Waals surface area (Å²) in [7, 11) is 0. The maximum Gasteiger partial charge on any atom is 0.0454 e. The van der Waals surface area contributed by atoms with Gasteiger partial charge >= 0.3 is 0 Å². The number of benzene rings is 1. The van der Waals surface area contributed by atoms with Crippen LogP contribution < -0.4 is 0 Å². The van der Waals surface area contributed by atoms with E-state index >= 15 is 0 Å². The third kappa shape index (κ3) is 2.52. The first-order valence-electron chi connectivity index (χ1n) is 6.70. The first-order chi connectivity index (χ1) is 8.42. The highest BCUT2D eigenvalue weighted by molar-refractivity contribution is 5.79. The maximum atomic E-state index is 3.24. The third-order valence-corrected chi connectivity index (χ3v) is 3.76. The van der Waals surface area contributed by atoms with Crippen molar-refractivity contribution >= 4 is 10.9 Å². The van der Waals surface area contributed by atoms with Crippen LogP contribution in [0.2, 0.25) is 0 Å². The molecule has 0 saturated carbocycles. The molecular formula is C15H20N2. The topological polar surface area (TPSA) is 19.0 Å².